The zero-order chi connectivity index (χ0) is 17.5. The van der Waals surface area contributed by atoms with E-state index in [0.717, 1.165) is 5.56 Å². The number of hydrogen-bond donors (Lipinski definition) is 3. The molecule has 2 atom stereocenters. The first kappa shape index (κ1) is 17.8. The Kier molecular flexibility index (Phi) is 6.17. The van der Waals surface area contributed by atoms with Crippen LogP contribution in [0.25, 0.3) is 0 Å². The average molecular weight is 333 g/mol. The highest BCUT2D eigenvalue weighted by Gasteiger charge is 2.30. The van der Waals surface area contributed by atoms with Crippen molar-refractivity contribution >= 4 is 17.9 Å². The highest BCUT2D eigenvalue weighted by Crippen LogP contribution is 2.10. The highest BCUT2D eigenvalue weighted by atomic mass is 16.4. The number of hydrogen-bond acceptors (Lipinski definition) is 3. The van der Waals surface area contributed by atoms with Gasteiger partial charge in [0.15, 0.2) is 0 Å². The molecule has 24 heavy (non-hydrogen) atoms. The van der Waals surface area contributed by atoms with Gasteiger partial charge in [-0.15, -0.1) is 0 Å². The molecule has 3 amide bonds. The number of carboxylic acids is 1. The van der Waals surface area contributed by atoms with Gasteiger partial charge in [0.05, 0.1) is 0 Å². The van der Waals surface area contributed by atoms with Gasteiger partial charge in [0.2, 0.25) is 5.91 Å². The number of carboxylic acid groups (broad SMARTS) is 1. The highest BCUT2D eigenvalue weighted by molar-refractivity contribution is 5.88. The first-order chi connectivity index (χ1) is 11.5. The number of aliphatic carboxylic acids is 1. The molecule has 1 aliphatic rings. The van der Waals surface area contributed by atoms with Crippen LogP contribution in [0.2, 0.25) is 0 Å². The standard InChI is InChI=1S/C17H23N3O4/c1-12-16(23)18-9-10-20(12)17(24)19-14(7-8-15(21)22)11-13-5-3-2-4-6-13/h2-6,12,14H,7-11H2,1H3,(H,18,23)(H,19,24)(H,21,22). The summed E-state index contributed by atoms with van der Waals surface area (Å²) < 4.78 is 0. The van der Waals surface area contributed by atoms with Crippen LogP contribution in [0.1, 0.15) is 25.3 Å². The van der Waals surface area contributed by atoms with Crippen LogP contribution in [-0.4, -0.2) is 53.1 Å². The zero-order valence-electron chi connectivity index (χ0n) is 13.7. The molecule has 3 N–H and O–H groups in total. The van der Waals surface area contributed by atoms with Gasteiger partial charge in [0, 0.05) is 25.6 Å². The van der Waals surface area contributed by atoms with E-state index in [0.29, 0.717) is 25.9 Å². The summed E-state index contributed by atoms with van der Waals surface area (Å²) in [6, 6.07) is 8.44. The van der Waals surface area contributed by atoms with Crippen LogP contribution in [0.5, 0.6) is 0 Å². The van der Waals surface area contributed by atoms with Crippen molar-refractivity contribution in [3.8, 4) is 0 Å². The van der Waals surface area contributed by atoms with E-state index in [-0.39, 0.29) is 24.4 Å². The molecule has 1 fully saturated rings. The molecule has 1 aromatic carbocycles. The number of amides is 3. The van der Waals surface area contributed by atoms with E-state index in [1.165, 1.54) is 4.90 Å². The van der Waals surface area contributed by atoms with Crippen LogP contribution < -0.4 is 10.6 Å². The van der Waals surface area contributed by atoms with E-state index >= 15 is 0 Å². The average Bonchev–Trinajstić information content (AvgIpc) is 2.56. The first-order valence-electron chi connectivity index (χ1n) is 8.08. The summed E-state index contributed by atoms with van der Waals surface area (Å²) in [5.74, 6) is -1.07. The van der Waals surface area contributed by atoms with Crippen molar-refractivity contribution in [3.05, 3.63) is 35.9 Å². The lowest BCUT2D eigenvalue weighted by Gasteiger charge is -2.34. The largest absolute Gasteiger partial charge is 0.481 e. The van der Waals surface area contributed by atoms with Crippen molar-refractivity contribution < 1.29 is 19.5 Å². The molecule has 7 heteroatoms. The van der Waals surface area contributed by atoms with E-state index < -0.39 is 12.0 Å². The van der Waals surface area contributed by atoms with Crippen LogP contribution >= 0.6 is 0 Å². The van der Waals surface area contributed by atoms with Gasteiger partial charge >= 0.3 is 12.0 Å². The van der Waals surface area contributed by atoms with Crippen LogP contribution in [0.15, 0.2) is 30.3 Å². The number of urea groups is 1. The topological polar surface area (TPSA) is 98.7 Å². The lowest BCUT2D eigenvalue weighted by Crippen LogP contribution is -2.59. The molecule has 7 nitrogen and oxygen atoms in total. The molecule has 1 saturated heterocycles. The Morgan fingerprint density at radius 1 is 1.38 bits per heavy atom. The smallest absolute Gasteiger partial charge is 0.318 e. The molecule has 130 valence electrons. The number of nitrogens with one attached hydrogen (secondary N) is 2. The quantitative estimate of drug-likeness (QED) is 0.723. The minimum atomic E-state index is -0.895. The molecule has 1 heterocycles. The van der Waals surface area contributed by atoms with Gasteiger partial charge in [-0.2, -0.15) is 0 Å². The summed E-state index contributed by atoms with van der Waals surface area (Å²) in [4.78, 5) is 36.5. The first-order valence-corrected chi connectivity index (χ1v) is 8.08. The number of carbonyl (C=O) groups excluding carboxylic acids is 2. The molecule has 2 rings (SSSR count). The molecule has 1 aliphatic heterocycles. The second-order valence-corrected chi connectivity index (χ2v) is 5.93. The van der Waals surface area contributed by atoms with Crippen molar-refractivity contribution in [1.29, 1.82) is 0 Å². The molecule has 0 radical (unpaired) electrons. The summed E-state index contributed by atoms with van der Waals surface area (Å²) in [5.41, 5.74) is 1.03. The maximum absolute atomic E-state index is 12.5. The van der Waals surface area contributed by atoms with Crippen LogP contribution in [0, 0.1) is 0 Å². The molecule has 0 bridgehead atoms. The predicted octanol–water partition coefficient (Wildman–Crippen LogP) is 0.992. The van der Waals surface area contributed by atoms with Gasteiger partial charge in [-0.1, -0.05) is 30.3 Å². The lowest BCUT2D eigenvalue weighted by molar-refractivity contribution is -0.137. The number of nitrogens with zero attached hydrogens (tertiary/aromatic N) is 1. The SMILES string of the molecule is CC1C(=O)NCCN1C(=O)NC(CCC(=O)O)Cc1ccccc1. The van der Waals surface area contributed by atoms with Crippen molar-refractivity contribution in [1.82, 2.24) is 15.5 Å². The van der Waals surface area contributed by atoms with E-state index in [9.17, 15) is 14.4 Å². The molecule has 2 unspecified atom stereocenters. The van der Waals surface area contributed by atoms with E-state index in [1.54, 1.807) is 6.92 Å². The minimum absolute atomic E-state index is 0.0200. The molecular formula is C17H23N3O4. The third-order valence-corrected chi connectivity index (χ3v) is 4.12. The molecular weight excluding hydrogens is 310 g/mol. The zero-order valence-corrected chi connectivity index (χ0v) is 13.7. The van der Waals surface area contributed by atoms with E-state index in [4.69, 9.17) is 5.11 Å². The van der Waals surface area contributed by atoms with Crippen LogP contribution in [0.3, 0.4) is 0 Å². The lowest BCUT2D eigenvalue weighted by atomic mass is 10.0. The van der Waals surface area contributed by atoms with E-state index in [1.807, 2.05) is 30.3 Å². The Morgan fingerprint density at radius 3 is 2.75 bits per heavy atom. The fourth-order valence-corrected chi connectivity index (χ4v) is 2.74. The minimum Gasteiger partial charge on any atom is -0.481 e. The third kappa shape index (κ3) is 4.97. The van der Waals surface area contributed by atoms with Gasteiger partial charge in [0.1, 0.15) is 6.04 Å². The number of piperazine rings is 1. The Hall–Kier alpha value is -2.57. The summed E-state index contributed by atoms with van der Waals surface area (Å²) >= 11 is 0. The number of rotatable bonds is 6. The molecule has 0 aromatic heterocycles. The fourth-order valence-electron chi connectivity index (χ4n) is 2.74. The summed E-state index contributed by atoms with van der Waals surface area (Å²) in [5, 5.41) is 14.5. The molecule has 0 spiro atoms. The van der Waals surface area contributed by atoms with Gasteiger partial charge in [-0.05, 0) is 25.3 Å². The van der Waals surface area contributed by atoms with Crippen molar-refractivity contribution in [2.24, 2.45) is 0 Å². The van der Waals surface area contributed by atoms with Crippen molar-refractivity contribution in [3.63, 3.8) is 0 Å². The Morgan fingerprint density at radius 2 is 2.08 bits per heavy atom. The predicted molar refractivity (Wildman–Crippen MR) is 88.5 cm³/mol. The van der Waals surface area contributed by atoms with Crippen molar-refractivity contribution in [2.75, 3.05) is 13.1 Å². The molecule has 0 aliphatic carbocycles. The van der Waals surface area contributed by atoms with Gasteiger partial charge in [-0.25, -0.2) is 4.79 Å². The van der Waals surface area contributed by atoms with Crippen LogP contribution in [-0.2, 0) is 16.0 Å². The second-order valence-electron chi connectivity index (χ2n) is 5.93. The van der Waals surface area contributed by atoms with Crippen molar-refractivity contribution in [2.45, 2.75) is 38.3 Å². The Balaban J connectivity index is 2.01. The maximum Gasteiger partial charge on any atom is 0.318 e. The van der Waals surface area contributed by atoms with Gasteiger partial charge < -0.3 is 20.6 Å². The number of carbonyl (C=O) groups is 3. The fraction of sp³-hybridized carbons (Fsp3) is 0.471. The summed E-state index contributed by atoms with van der Waals surface area (Å²) in [6.45, 7) is 2.54. The van der Waals surface area contributed by atoms with Crippen LogP contribution in [0.4, 0.5) is 4.79 Å². The number of benzene rings is 1. The third-order valence-electron chi connectivity index (χ3n) is 4.12. The van der Waals surface area contributed by atoms with Gasteiger partial charge in [0.25, 0.3) is 0 Å². The normalized spacial score (nSPS) is 18.6. The Labute approximate surface area is 141 Å². The van der Waals surface area contributed by atoms with E-state index in [2.05, 4.69) is 10.6 Å². The molecule has 0 saturated carbocycles. The monoisotopic (exact) mass is 333 g/mol. The summed E-state index contributed by atoms with van der Waals surface area (Å²) in [6.07, 6.45) is 0.868. The second kappa shape index (κ2) is 8.33. The molecule has 1 aromatic rings. The summed E-state index contributed by atoms with van der Waals surface area (Å²) in [7, 11) is 0. The Bertz CT molecular complexity index is 591. The maximum atomic E-state index is 12.5. The van der Waals surface area contributed by atoms with Gasteiger partial charge in [-0.3, -0.25) is 9.59 Å².